The van der Waals surface area contributed by atoms with Gasteiger partial charge in [-0.05, 0) is 20.8 Å². The zero-order chi connectivity index (χ0) is 15.3. The average Bonchev–Trinajstić information content (AvgIpc) is 2.75. The van der Waals surface area contributed by atoms with Crippen molar-refractivity contribution < 1.29 is 24.0 Å². The molecule has 2 amide bonds. The Bertz CT molecular complexity index is 515. The number of hydrogen-bond donors (Lipinski definition) is 3. The second kappa shape index (κ2) is 6.18. The molecule has 8 heteroatoms. The van der Waals surface area contributed by atoms with E-state index in [1.54, 1.807) is 0 Å². The Hall–Kier alpha value is -2.38. The molecule has 0 spiro atoms. The van der Waals surface area contributed by atoms with Crippen LogP contribution in [-0.4, -0.2) is 40.1 Å². The maximum Gasteiger partial charge on any atom is 0.374 e. The molecule has 8 nitrogen and oxygen atoms in total. The minimum atomic E-state index is -1.30. The molecular weight excluding hydrogens is 266 g/mol. The van der Waals surface area contributed by atoms with Crippen molar-refractivity contribution in [1.29, 1.82) is 0 Å². The molecule has 0 aliphatic carbocycles. The molecule has 1 heterocycles. The van der Waals surface area contributed by atoms with E-state index in [4.69, 9.17) is 5.11 Å². The summed E-state index contributed by atoms with van der Waals surface area (Å²) in [7, 11) is 0. The molecule has 0 unspecified atom stereocenters. The first-order chi connectivity index (χ1) is 9.19. The predicted molar refractivity (Wildman–Crippen MR) is 68.3 cm³/mol. The third-order valence-corrected chi connectivity index (χ3v) is 2.11. The molecule has 1 rings (SSSR count). The minimum Gasteiger partial charge on any atom is -0.475 e. The van der Waals surface area contributed by atoms with Crippen molar-refractivity contribution in [3.05, 3.63) is 17.5 Å². The number of carboxylic acids is 1. The summed E-state index contributed by atoms with van der Waals surface area (Å²) in [6.07, 6.45) is 0.118. The first-order valence-electron chi connectivity index (χ1n) is 5.98. The fourth-order valence-electron chi connectivity index (χ4n) is 1.34. The largest absolute Gasteiger partial charge is 0.475 e. The summed E-state index contributed by atoms with van der Waals surface area (Å²) in [5.74, 6) is -2.50. The predicted octanol–water partition coefficient (Wildman–Crippen LogP) is 0.407. The molecule has 0 aliphatic heterocycles. The summed E-state index contributed by atoms with van der Waals surface area (Å²) in [5.41, 5.74) is -0.470. The lowest BCUT2D eigenvalue weighted by molar-refractivity contribution is -0.122. The molecular formula is C12H17N3O5. The van der Waals surface area contributed by atoms with Crippen molar-refractivity contribution >= 4 is 17.8 Å². The summed E-state index contributed by atoms with van der Waals surface area (Å²) >= 11 is 0. The maximum absolute atomic E-state index is 11.6. The zero-order valence-electron chi connectivity index (χ0n) is 11.5. The molecule has 20 heavy (non-hydrogen) atoms. The van der Waals surface area contributed by atoms with Crippen molar-refractivity contribution in [2.24, 2.45) is 0 Å². The highest BCUT2D eigenvalue weighted by atomic mass is 16.5. The van der Waals surface area contributed by atoms with Gasteiger partial charge in [-0.2, -0.15) is 0 Å². The van der Waals surface area contributed by atoms with Crippen molar-refractivity contribution in [1.82, 2.24) is 15.8 Å². The van der Waals surface area contributed by atoms with Crippen LogP contribution >= 0.6 is 0 Å². The van der Waals surface area contributed by atoms with E-state index in [9.17, 15) is 14.4 Å². The van der Waals surface area contributed by atoms with Gasteiger partial charge in [0.15, 0.2) is 5.69 Å². The molecule has 0 fully saturated rings. The van der Waals surface area contributed by atoms with Gasteiger partial charge in [0, 0.05) is 24.6 Å². The normalized spacial score (nSPS) is 10.9. The Morgan fingerprint density at radius 3 is 2.50 bits per heavy atom. The SMILES string of the molecule is CC(C)(C)NC(=O)CCNC(=O)c1cc(C(=O)O)on1. The van der Waals surface area contributed by atoms with Crippen molar-refractivity contribution in [2.45, 2.75) is 32.7 Å². The van der Waals surface area contributed by atoms with Crippen LogP contribution in [0.2, 0.25) is 0 Å². The molecule has 0 radical (unpaired) electrons. The zero-order valence-corrected chi connectivity index (χ0v) is 11.5. The van der Waals surface area contributed by atoms with Crippen LogP contribution in [0.25, 0.3) is 0 Å². The molecule has 0 saturated carbocycles. The molecule has 0 aromatic carbocycles. The lowest BCUT2D eigenvalue weighted by Gasteiger charge is -2.20. The van der Waals surface area contributed by atoms with E-state index in [1.165, 1.54) is 0 Å². The molecule has 1 aromatic heterocycles. The van der Waals surface area contributed by atoms with Crippen LogP contribution in [0.1, 0.15) is 48.2 Å². The van der Waals surface area contributed by atoms with Gasteiger partial charge in [0.25, 0.3) is 5.91 Å². The molecule has 110 valence electrons. The second-order valence-electron chi connectivity index (χ2n) is 5.19. The van der Waals surface area contributed by atoms with Crippen molar-refractivity contribution in [3.8, 4) is 0 Å². The van der Waals surface area contributed by atoms with E-state index >= 15 is 0 Å². The summed E-state index contributed by atoms with van der Waals surface area (Å²) < 4.78 is 4.45. The third-order valence-electron chi connectivity index (χ3n) is 2.11. The van der Waals surface area contributed by atoms with Gasteiger partial charge in [-0.3, -0.25) is 9.59 Å². The van der Waals surface area contributed by atoms with E-state index in [0.29, 0.717) is 0 Å². The Kier molecular flexibility index (Phi) is 4.84. The van der Waals surface area contributed by atoms with Crippen LogP contribution in [0.4, 0.5) is 0 Å². The highest BCUT2D eigenvalue weighted by Gasteiger charge is 2.17. The number of carbonyl (C=O) groups excluding carboxylic acids is 2. The quantitative estimate of drug-likeness (QED) is 0.719. The van der Waals surface area contributed by atoms with E-state index in [0.717, 1.165) is 6.07 Å². The first kappa shape index (κ1) is 15.7. The minimum absolute atomic E-state index is 0.118. The molecule has 0 saturated heterocycles. The van der Waals surface area contributed by atoms with E-state index < -0.39 is 17.6 Å². The van der Waals surface area contributed by atoms with Gasteiger partial charge in [-0.1, -0.05) is 5.16 Å². The molecule has 3 N–H and O–H groups in total. The number of carboxylic acid groups (broad SMARTS) is 1. The number of aromatic nitrogens is 1. The highest BCUT2D eigenvalue weighted by Crippen LogP contribution is 2.03. The van der Waals surface area contributed by atoms with Gasteiger partial charge in [0.1, 0.15) is 0 Å². The smallest absolute Gasteiger partial charge is 0.374 e. The van der Waals surface area contributed by atoms with Crippen LogP contribution < -0.4 is 10.6 Å². The Balaban J connectivity index is 2.40. The molecule has 1 aromatic rings. The summed E-state index contributed by atoms with van der Waals surface area (Å²) in [5, 5.41) is 17.1. The Morgan fingerprint density at radius 2 is 2.00 bits per heavy atom. The number of carbonyl (C=O) groups is 3. The second-order valence-corrected chi connectivity index (χ2v) is 5.19. The number of amides is 2. The van der Waals surface area contributed by atoms with Gasteiger partial charge in [0.2, 0.25) is 11.7 Å². The highest BCUT2D eigenvalue weighted by molar-refractivity contribution is 5.95. The monoisotopic (exact) mass is 283 g/mol. The summed E-state index contributed by atoms with van der Waals surface area (Å²) in [4.78, 5) is 33.6. The average molecular weight is 283 g/mol. The number of aromatic carboxylic acids is 1. The summed E-state index contributed by atoms with van der Waals surface area (Å²) in [6.45, 7) is 5.68. The van der Waals surface area contributed by atoms with E-state index in [2.05, 4.69) is 20.3 Å². The maximum atomic E-state index is 11.6. The van der Waals surface area contributed by atoms with Gasteiger partial charge in [0.05, 0.1) is 0 Å². The van der Waals surface area contributed by atoms with Crippen LogP contribution in [0.3, 0.4) is 0 Å². The van der Waals surface area contributed by atoms with Crippen LogP contribution in [0, 0.1) is 0 Å². The fraction of sp³-hybridized carbons (Fsp3) is 0.500. The molecule has 0 bridgehead atoms. The van der Waals surface area contributed by atoms with Crippen LogP contribution in [0.15, 0.2) is 10.6 Å². The molecule has 0 atom stereocenters. The van der Waals surface area contributed by atoms with E-state index in [-0.39, 0.29) is 30.1 Å². The number of nitrogens with zero attached hydrogens (tertiary/aromatic N) is 1. The fourth-order valence-corrected chi connectivity index (χ4v) is 1.34. The number of hydrogen-bond acceptors (Lipinski definition) is 5. The topological polar surface area (TPSA) is 122 Å². The van der Waals surface area contributed by atoms with E-state index in [1.807, 2.05) is 20.8 Å². The third kappa shape index (κ3) is 5.09. The van der Waals surface area contributed by atoms with Gasteiger partial charge in [-0.25, -0.2) is 4.79 Å². The van der Waals surface area contributed by atoms with Crippen LogP contribution in [0.5, 0.6) is 0 Å². The molecule has 0 aliphatic rings. The van der Waals surface area contributed by atoms with Crippen molar-refractivity contribution in [2.75, 3.05) is 6.54 Å². The van der Waals surface area contributed by atoms with Gasteiger partial charge >= 0.3 is 5.97 Å². The number of rotatable bonds is 5. The van der Waals surface area contributed by atoms with Crippen LogP contribution in [-0.2, 0) is 4.79 Å². The first-order valence-corrected chi connectivity index (χ1v) is 5.98. The van der Waals surface area contributed by atoms with Gasteiger partial charge < -0.3 is 20.3 Å². The Morgan fingerprint density at radius 1 is 1.35 bits per heavy atom. The van der Waals surface area contributed by atoms with Crippen molar-refractivity contribution in [3.63, 3.8) is 0 Å². The standard InChI is InChI=1S/C12H17N3O5/c1-12(2,3)14-9(16)4-5-13-10(17)7-6-8(11(18)19)20-15-7/h6H,4-5H2,1-3H3,(H,13,17)(H,14,16)(H,18,19). The number of nitrogens with one attached hydrogen (secondary N) is 2. The Labute approximate surface area is 115 Å². The lowest BCUT2D eigenvalue weighted by atomic mass is 10.1. The van der Waals surface area contributed by atoms with Gasteiger partial charge in [-0.15, -0.1) is 0 Å². The summed E-state index contributed by atoms with van der Waals surface area (Å²) in [6, 6.07) is 1.02. The lowest BCUT2D eigenvalue weighted by Crippen LogP contribution is -2.42.